The van der Waals surface area contributed by atoms with Crippen molar-refractivity contribution in [2.24, 2.45) is 0 Å². The molecule has 0 atom stereocenters. The summed E-state index contributed by atoms with van der Waals surface area (Å²) >= 11 is 0. The van der Waals surface area contributed by atoms with Gasteiger partial charge in [-0.15, -0.1) is 8.78 Å². The second-order valence-corrected chi connectivity index (χ2v) is 8.30. The molecule has 7 nitrogen and oxygen atoms in total. The second kappa shape index (κ2) is 7.40. The average molecular weight is 457 g/mol. The highest BCUT2D eigenvalue weighted by molar-refractivity contribution is 5.94. The number of halogens is 2. The highest BCUT2D eigenvalue weighted by atomic mass is 19.3. The third-order valence-electron chi connectivity index (χ3n) is 6.08. The summed E-state index contributed by atoms with van der Waals surface area (Å²) in [5, 5.41) is 0. The molecule has 9 heteroatoms. The molecule has 1 aliphatic heterocycles. The number of benzene rings is 1. The van der Waals surface area contributed by atoms with Crippen molar-refractivity contribution >= 4 is 11.5 Å². The summed E-state index contributed by atoms with van der Waals surface area (Å²) in [7, 11) is 1.49. The predicted molar refractivity (Wildman–Crippen MR) is 120 cm³/mol. The number of methoxy groups -OCH3 is 1. The van der Waals surface area contributed by atoms with Crippen LogP contribution in [-0.2, 0) is 16.6 Å². The van der Waals surface area contributed by atoms with Crippen LogP contribution in [0.15, 0.2) is 42.6 Å². The topological polar surface area (TPSA) is 96.6 Å². The molecule has 0 saturated heterocycles. The van der Waals surface area contributed by atoms with Crippen molar-refractivity contribution in [2.45, 2.75) is 37.9 Å². The number of ketones is 1. The van der Waals surface area contributed by atoms with Gasteiger partial charge in [0.15, 0.2) is 11.5 Å². The molecule has 174 valence electrons. The minimum atomic E-state index is -3.69. The third kappa shape index (κ3) is 3.73. The summed E-state index contributed by atoms with van der Waals surface area (Å²) in [4.78, 5) is 22.2. The molecule has 3 heterocycles. The Labute approximate surface area is 191 Å². The summed E-state index contributed by atoms with van der Waals surface area (Å²) in [5.74, 6) is 0.212. The Morgan fingerprint density at radius 2 is 1.94 bits per heavy atom. The standard InChI is InChI=1S/C24H21F2N3O4.2H2/c1-13-3-5-16(29-21(13)14-9-17(27)22(31-2)28-12-14)11-20(30)23(7-8-23)15-4-6-18-19(10-15)33-24(25,26)32-18;;/h3-6,9-10,12H,7-8,11,27H2,1-2H3;2*1H. The van der Waals surface area contributed by atoms with Crippen LogP contribution in [0.1, 0.15) is 32.5 Å². The maximum absolute atomic E-state index is 13.4. The molecule has 2 aromatic heterocycles. The summed E-state index contributed by atoms with van der Waals surface area (Å²) in [6, 6.07) is 9.98. The largest absolute Gasteiger partial charge is 0.586 e. The molecule has 0 bridgehead atoms. The smallest absolute Gasteiger partial charge is 0.480 e. The number of hydrogen-bond acceptors (Lipinski definition) is 7. The quantitative estimate of drug-likeness (QED) is 0.573. The number of fused-ring (bicyclic) bond motifs is 1. The molecule has 2 aliphatic rings. The first-order chi connectivity index (χ1) is 15.7. The van der Waals surface area contributed by atoms with Gasteiger partial charge in [-0.3, -0.25) is 9.78 Å². The Hall–Kier alpha value is -3.75. The Kier molecular flexibility index (Phi) is 4.73. The summed E-state index contributed by atoms with van der Waals surface area (Å²) in [5.41, 5.74) is 9.21. The van der Waals surface area contributed by atoms with Crippen LogP contribution in [0.2, 0.25) is 0 Å². The van der Waals surface area contributed by atoms with Crippen molar-refractivity contribution in [1.29, 1.82) is 0 Å². The van der Waals surface area contributed by atoms with Gasteiger partial charge in [0, 0.05) is 26.7 Å². The zero-order chi connectivity index (χ0) is 23.4. The lowest BCUT2D eigenvalue weighted by Gasteiger charge is -2.16. The lowest BCUT2D eigenvalue weighted by molar-refractivity contribution is -0.286. The van der Waals surface area contributed by atoms with Gasteiger partial charge in [-0.05, 0) is 55.2 Å². The number of rotatable bonds is 6. The fourth-order valence-corrected chi connectivity index (χ4v) is 4.16. The lowest BCUT2D eigenvalue weighted by atomic mass is 9.88. The normalized spacial score (nSPS) is 17.0. The Morgan fingerprint density at radius 3 is 2.64 bits per heavy atom. The van der Waals surface area contributed by atoms with Crippen molar-refractivity contribution in [3.05, 3.63) is 59.4 Å². The van der Waals surface area contributed by atoms with Gasteiger partial charge in [-0.25, -0.2) is 4.98 Å². The second-order valence-electron chi connectivity index (χ2n) is 8.30. The number of aryl methyl sites for hydroxylation is 1. The van der Waals surface area contributed by atoms with Crippen molar-refractivity contribution in [2.75, 3.05) is 12.8 Å². The van der Waals surface area contributed by atoms with E-state index in [9.17, 15) is 13.6 Å². The SMILES string of the molecule is COc1ncc(-c2nc(CC(=O)C3(c4ccc5c(c4)OC(F)(F)O5)CC3)ccc2C)cc1N.[HH].[HH]. The first-order valence-corrected chi connectivity index (χ1v) is 10.4. The Balaban J connectivity index is 0.00000171. The average Bonchev–Trinajstić information content (AvgIpc) is 3.52. The molecule has 1 aromatic carbocycles. The van der Waals surface area contributed by atoms with Gasteiger partial charge < -0.3 is 19.9 Å². The summed E-state index contributed by atoms with van der Waals surface area (Å²) < 4.78 is 40.9. The van der Waals surface area contributed by atoms with Gasteiger partial charge in [-0.2, -0.15) is 0 Å². The highest BCUT2D eigenvalue weighted by Crippen LogP contribution is 2.52. The molecule has 0 amide bonds. The predicted octanol–water partition coefficient (Wildman–Crippen LogP) is 4.70. The minimum absolute atomic E-state index is 0. The van der Waals surface area contributed by atoms with Crippen molar-refractivity contribution in [1.82, 2.24) is 9.97 Å². The summed E-state index contributed by atoms with van der Waals surface area (Å²) in [6.07, 6.45) is -0.680. The molecular weight excluding hydrogens is 432 g/mol. The number of nitrogens with two attached hydrogens (primary N) is 1. The molecule has 1 saturated carbocycles. The van der Waals surface area contributed by atoms with E-state index in [-0.39, 0.29) is 26.6 Å². The van der Waals surface area contributed by atoms with Crippen LogP contribution >= 0.6 is 0 Å². The van der Waals surface area contributed by atoms with Gasteiger partial charge >= 0.3 is 6.29 Å². The fraction of sp³-hybridized carbons (Fsp3) is 0.292. The number of Topliss-reactive ketones (excluding diaryl/α,β-unsaturated/α-hetero) is 1. The number of pyridine rings is 2. The van der Waals surface area contributed by atoms with E-state index in [2.05, 4.69) is 19.4 Å². The molecule has 2 N–H and O–H groups in total. The number of nitrogens with zero attached hydrogens (tertiary/aromatic N) is 2. The van der Waals surface area contributed by atoms with Gasteiger partial charge in [0.2, 0.25) is 5.88 Å². The lowest BCUT2D eigenvalue weighted by Crippen LogP contribution is -2.26. The molecule has 0 unspecified atom stereocenters. The van der Waals surface area contributed by atoms with E-state index in [4.69, 9.17) is 10.5 Å². The monoisotopic (exact) mass is 457 g/mol. The number of nitrogen functional groups attached to an aromatic ring is 1. The van der Waals surface area contributed by atoms with Crippen LogP contribution < -0.4 is 19.9 Å². The number of hydrogen-bond donors (Lipinski definition) is 1. The first-order valence-electron chi connectivity index (χ1n) is 10.4. The molecule has 1 fully saturated rings. The molecule has 1 aliphatic carbocycles. The number of anilines is 1. The number of carbonyl (C=O) groups is 1. The van der Waals surface area contributed by atoms with E-state index in [0.29, 0.717) is 41.4 Å². The van der Waals surface area contributed by atoms with Gasteiger partial charge in [0.05, 0.1) is 23.9 Å². The van der Waals surface area contributed by atoms with Crippen LogP contribution in [0, 0.1) is 6.92 Å². The third-order valence-corrected chi connectivity index (χ3v) is 6.08. The molecule has 0 spiro atoms. The number of ether oxygens (including phenoxy) is 3. The van der Waals surface area contributed by atoms with E-state index in [0.717, 1.165) is 11.1 Å². The minimum Gasteiger partial charge on any atom is -0.480 e. The van der Waals surface area contributed by atoms with E-state index in [1.807, 2.05) is 19.1 Å². The van der Waals surface area contributed by atoms with E-state index in [1.165, 1.54) is 19.2 Å². The molecule has 0 radical (unpaired) electrons. The van der Waals surface area contributed by atoms with Gasteiger partial charge in [0.25, 0.3) is 0 Å². The van der Waals surface area contributed by atoms with Crippen LogP contribution in [-0.4, -0.2) is 29.2 Å². The Bertz CT molecular complexity index is 1290. The number of alkyl halides is 2. The summed E-state index contributed by atoms with van der Waals surface area (Å²) in [6.45, 7) is 1.92. The zero-order valence-electron chi connectivity index (χ0n) is 18.0. The highest BCUT2D eigenvalue weighted by Gasteiger charge is 2.52. The Morgan fingerprint density at radius 1 is 1.18 bits per heavy atom. The van der Waals surface area contributed by atoms with E-state index >= 15 is 0 Å². The van der Waals surface area contributed by atoms with Crippen molar-refractivity contribution < 1.29 is 30.6 Å². The first kappa shape index (κ1) is 21.1. The van der Waals surface area contributed by atoms with E-state index < -0.39 is 11.7 Å². The van der Waals surface area contributed by atoms with Crippen LogP contribution in [0.3, 0.4) is 0 Å². The van der Waals surface area contributed by atoms with E-state index in [1.54, 1.807) is 18.3 Å². The maximum Gasteiger partial charge on any atom is 0.586 e. The zero-order valence-corrected chi connectivity index (χ0v) is 18.0. The molecule has 3 aromatic rings. The van der Waals surface area contributed by atoms with Crippen LogP contribution in [0.5, 0.6) is 17.4 Å². The number of aromatic nitrogens is 2. The molecule has 33 heavy (non-hydrogen) atoms. The van der Waals surface area contributed by atoms with Crippen LogP contribution in [0.25, 0.3) is 11.3 Å². The van der Waals surface area contributed by atoms with Gasteiger partial charge in [-0.1, -0.05) is 12.1 Å². The molecule has 5 rings (SSSR count). The van der Waals surface area contributed by atoms with Gasteiger partial charge in [0.1, 0.15) is 5.78 Å². The maximum atomic E-state index is 13.4. The fourth-order valence-electron chi connectivity index (χ4n) is 4.16. The molecular formula is C24H25F2N3O4. The van der Waals surface area contributed by atoms with Crippen molar-refractivity contribution in [3.63, 3.8) is 0 Å². The van der Waals surface area contributed by atoms with Crippen LogP contribution in [0.4, 0.5) is 14.5 Å². The van der Waals surface area contributed by atoms with Crippen molar-refractivity contribution in [3.8, 4) is 28.6 Å². The number of carbonyl (C=O) groups excluding carboxylic acids is 1.